The predicted octanol–water partition coefficient (Wildman–Crippen LogP) is 4.36. The van der Waals surface area contributed by atoms with E-state index in [0.29, 0.717) is 11.9 Å². The Morgan fingerprint density at radius 2 is 2.03 bits per heavy atom. The highest BCUT2D eigenvalue weighted by atomic mass is 19.4. The molecule has 1 aliphatic rings. The molecule has 2 aromatic heterocycles. The van der Waals surface area contributed by atoms with Crippen molar-refractivity contribution in [3.8, 4) is 11.3 Å². The lowest BCUT2D eigenvalue weighted by atomic mass is 10.0. The number of H-pyrrole nitrogens is 1. The van der Waals surface area contributed by atoms with Crippen LogP contribution in [0.4, 0.5) is 24.7 Å². The Hall–Kier alpha value is -3.87. The summed E-state index contributed by atoms with van der Waals surface area (Å²) in [5.41, 5.74) is -0.615. The zero-order valence-electron chi connectivity index (χ0n) is 16.2. The Labute approximate surface area is 174 Å². The topological polar surface area (TPSA) is 82.4 Å². The van der Waals surface area contributed by atoms with E-state index in [-0.39, 0.29) is 34.5 Å². The minimum Gasteiger partial charge on any atom is -0.339 e. The van der Waals surface area contributed by atoms with Crippen molar-refractivity contribution in [1.82, 2.24) is 14.9 Å². The summed E-state index contributed by atoms with van der Waals surface area (Å²) < 4.78 is 40.3. The molecule has 3 aromatic rings. The van der Waals surface area contributed by atoms with Gasteiger partial charge in [0.1, 0.15) is 11.5 Å². The van der Waals surface area contributed by atoms with Crippen LogP contribution in [0.1, 0.15) is 18.9 Å². The van der Waals surface area contributed by atoms with E-state index in [1.54, 1.807) is 6.07 Å². The van der Waals surface area contributed by atoms with Gasteiger partial charge in [0.15, 0.2) is 5.69 Å². The Morgan fingerprint density at radius 3 is 2.65 bits per heavy atom. The lowest BCUT2D eigenvalue weighted by molar-refractivity contribution is -0.148. The van der Waals surface area contributed by atoms with Crippen molar-refractivity contribution in [2.24, 2.45) is 0 Å². The third-order valence-corrected chi connectivity index (χ3v) is 5.22. The fraction of sp³-hybridized carbons (Fsp3) is 0.238. The number of halogens is 3. The van der Waals surface area contributed by atoms with Gasteiger partial charge in [-0.2, -0.15) is 13.2 Å². The number of hydrogen-bond donors (Lipinski definition) is 2. The third kappa shape index (κ3) is 3.82. The lowest BCUT2D eigenvalue weighted by Gasteiger charge is -2.37. The minimum atomic E-state index is -4.60. The van der Waals surface area contributed by atoms with E-state index in [2.05, 4.69) is 20.1 Å². The summed E-state index contributed by atoms with van der Waals surface area (Å²) in [6.45, 7) is 9.44. The number of aromatic amines is 1. The molecule has 0 bridgehead atoms. The van der Waals surface area contributed by atoms with E-state index in [1.807, 2.05) is 6.92 Å². The number of benzene rings is 1. The Morgan fingerprint density at radius 1 is 1.26 bits per heavy atom. The Kier molecular flexibility index (Phi) is 4.89. The van der Waals surface area contributed by atoms with E-state index in [0.717, 1.165) is 24.6 Å². The van der Waals surface area contributed by atoms with Crippen molar-refractivity contribution in [2.75, 3.05) is 11.9 Å². The van der Waals surface area contributed by atoms with Crippen molar-refractivity contribution in [2.45, 2.75) is 25.6 Å². The van der Waals surface area contributed by atoms with Gasteiger partial charge >= 0.3 is 18.0 Å². The van der Waals surface area contributed by atoms with Crippen LogP contribution in [0.15, 0.2) is 36.4 Å². The van der Waals surface area contributed by atoms with Crippen LogP contribution < -0.4 is 5.32 Å². The first kappa shape index (κ1) is 20.4. The smallest absolute Gasteiger partial charge is 0.339 e. The summed E-state index contributed by atoms with van der Waals surface area (Å²) in [4.78, 5) is 36.0. The second kappa shape index (κ2) is 7.43. The molecule has 1 atom stereocenters. The second-order valence-electron chi connectivity index (χ2n) is 7.25. The highest BCUT2D eigenvalue weighted by Crippen LogP contribution is 2.39. The van der Waals surface area contributed by atoms with Gasteiger partial charge < -0.3 is 15.2 Å². The van der Waals surface area contributed by atoms with Crippen LogP contribution in [0.2, 0.25) is 0 Å². The van der Waals surface area contributed by atoms with Gasteiger partial charge in [0.25, 0.3) is 0 Å². The van der Waals surface area contributed by atoms with Crippen LogP contribution in [-0.4, -0.2) is 39.3 Å². The number of nitrogens with zero attached hydrogens (tertiary/aromatic N) is 3. The molecule has 31 heavy (non-hydrogen) atoms. The monoisotopic (exact) mass is 427 g/mol. The molecule has 158 valence electrons. The number of anilines is 1. The highest BCUT2D eigenvalue weighted by molar-refractivity contribution is 6.39. The number of hydrogen-bond acceptors (Lipinski definition) is 3. The van der Waals surface area contributed by atoms with Crippen molar-refractivity contribution in [1.29, 1.82) is 0 Å². The van der Waals surface area contributed by atoms with Crippen molar-refractivity contribution < 1.29 is 22.8 Å². The predicted molar refractivity (Wildman–Crippen MR) is 107 cm³/mol. The second-order valence-corrected chi connectivity index (χ2v) is 7.25. The van der Waals surface area contributed by atoms with Gasteiger partial charge in [-0.05, 0) is 43.2 Å². The van der Waals surface area contributed by atoms with Crippen LogP contribution in [0.5, 0.6) is 0 Å². The third-order valence-electron chi connectivity index (χ3n) is 5.22. The maximum atomic E-state index is 13.4. The number of amides is 2. The summed E-state index contributed by atoms with van der Waals surface area (Å²) in [5.74, 6) is -1.38. The molecule has 10 heteroatoms. The number of aromatic nitrogens is 2. The van der Waals surface area contributed by atoms with Crippen LogP contribution in [0.3, 0.4) is 0 Å². The summed E-state index contributed by atoms with van der Waals surface area (Å²) in [5, 5.41) is 2.94. The molecule has 1 aromatic carbocycles. The molecule has 3 heterocycles. The first-order valence-electron chi connectivity index (χ1n) is 9.38. The van der Waals surface area contributed by atoms with E-state index < -0.39 is 23.6 Å². The number of rotatable bonds is 2. The van der Waals surface area contributed by atoms with E-state index in [9.17, 15) is 22.8 Å². The summed E-state index contributed by atoms with van der Waals surface area (Å²) >= 11 is 0. The molecule has 1 saturated heterocycles. The van der Waals surface area contributed by atoms with Gasteiger partial charge in [-0.25, -0.2) is 9.83 Å². The van der Waals surface area contributed by atoms with Crippen LogP contribution >= 0.6 is 0 Å². The molecule has 2 N–H and O–H groups in total. The number of carbonyl (C=O) groups excluding carboxylic acids is 2. The van der Waals surface area contributed by atoms with Gasteiger partial charge in [0.05, 0.1) is 12.1 Å². The molecule has 0 spiro atoms. The number of fused-ring (bicyclic) bond motifs is 1. The number of alkyl halides is 3. The number of likely N-dealkylation sites (tertiary alicyclic amines) is 1. The molecule has 2 amide bonds. The fourth-order valence-electron chi connectivity index (χ4n) is 3.41. The molecular formula is C21H16F3N5O2. The molecule has 0 radical (unpaired) electrons. The van der Waals surface area contributed by atoms with Gasteiger partial charge in [-0.1, -0.05) is 12.1 Å². The molecular weight excluding hydrogens is 411 g/mol. The molecule has 1 unspecified atom stereocenters. The number of nitrogens with one attached hydrogen (secondary N) is 2. The molecule has 1 aliphatic heterocycles. The molecule has 4 rings (SSSR count). The standard InChI is InChI=1S/C21H16F3N5O2/c1-11-7-8-29(11)20(31)19(30)28-17-6-3-12-9-16(26-18(12)27-17)14-10-13(25-2)4-5-15(14)21(22,23)24/h3-6,9-11H,7-8H2,1H3,(H2,26,27,28,30). The van der Waals surface area contributed by atoms with Gasteiger partial charge in [0.2, 0.25) is 0 Å². The van der Waals surface area contributed by atoms with E-state index in [1.165, 1.54) is 17.0 Å². The maximum absolute atomic E-state index is 13.4. The van der Waals surface area contributed by atoms with Gasteiger partial charge in [-0.3, -0.25) is 9.59 Å². The zero-order valence-corrected chi connectivity index (χ0v) is 16.2. The van der Waals surface area contributed by atoms with Crippen LogP contribution in [0, 0.1) is 6.57 Å². The molecule has 1 fully saturated rings. The first-order chi connectivity index (χ1) is 14.7. The van der Waals surface area contributed by atoms with Crippen molar-refractivity contribution >= 4 is 34.4 Å². The van der Waals surface area contributed by atoms with Crippen molar-refractivity contribution in [3.05, 3.63) is 53.4 Å². The van der Waals surface area contributed by atoms with Crippen LogP contribution in [0.25, 0.3) is 27.1 Å². The number of carbonyl (C=O) groups is 2. The minimum absolute atomic E-state index is 0.00806. The highest BCUT2D eigenvalue weighted by Gasteiger charge is 2.34. The number of pyridine rings is 1. The Balaban J connectivity index is 1.65. The average Bonchev–Trinajstić information content (AvgIpc) is 3.14. The SMILES string of the molecule is [C-]#[N+]c1ccc(C(F)(F)F)c(-c2cc3ccc(NC(=O)C(=O)N4CCC4C)nc3[nH]2)c1. The average molecular weight is 427 g/mol. The molecule has 7 nitrogen and oxygen atoms in total. The van der Waals surface area contributed by atoms with E-state index in [4.69, 9.17) is 6.57 Å². The summed E-state index contributed by atoms with van der Waals surface area (Å²) in [7, 11) is 0. The lowest BCUT2D eigenvalue weighted by Crippen LogP contribution is -2.53. The van der Waals surface area contributed by atoms with E-state index >= 15 is 0 Å². The quantitative estimate of drug-likeness (QED) is 0.471. The van der Waals surface area contributed by atoms with Crippen molar-refractivity contribution in [3.63, 3.8) is 0 Å². The van der Waals surface area contributed by atoms with Gasteiger partial charge in [0, 0.05) is 23.7 Å². The van der Waals surface area contributed by atoms with Crippen LogP contribution in [-0.2, 0) is 15.8 Å². The largest absolute Gasteiger partial charge is 0.416 e. The summed E-state index contributed by atoms with van der Waals surface area (Å²) in [6, 6.07) is 7.68. The normalized spacial score (nSPS) is 16.0. The fourth-order valence-corrected chi connectivity index (χ4v) is 3.41. The molecule has 0 aliphatic carbocycles. The summed E-state index contributed by atoms with van der Waals surface area (Å²) in [6.07, 6.45) is -3.77. The molecule has 0 saturated carbocycles. The Bertz CT molecular complexity index is 1240. The van der Waals surface area contributed by atoms with Gasteiger partial charge in [-0.15, -0.1) is 0 Å². The maximum Gasteiger partial charge on any atom is 0.416 e. The first-order valence-corrected chi connectivity index (χ1v) is 9.38. The zero-order chi connectivity index (χ0) is 22.3.